The van der Waals surface area contributed by atoms with Crippen molar-refractivity contribution in [3.05, 3.63) is 353 Å². The number of benzene rings is 17. The van der Waals surface area contributed by atoms with Crippen molar-refractivity contribution in [3.8, 4) is 56.9 Å². The lowest BCUT2D eigenvalue weighted by Gasteiger charge is -2.38. The molecular weight excluding hydrogens is 1760 g/mol. The average Bonchev–Trinajstić information content (AvgIpc) is 1.51. The molecule has 5 aliphatic heterocycles. The zero-order chi connectivity index (χ0) is 99.5. The lowest BCUT2D eigenvalue weighted by atomic mass is 9.34. The Morgan fingerprint density at radius 2 is 0.648 bits per heavy atom. The maximum atomic E-state index is 5.59. The van der Waals surface area contributed by atoms with Gasteiger partial charge in [-0.05, 0) is 261 Å². The van der Waals surface area contributed by atoms with E-state index in [2.05, 4.69) is 479 Å². The molecule has 145 heavy (non-hydrogen) atoms. The SMILES string of the molecule is CC(C)(CCC(C)(C)c1cc2c3c(c1)c1cc(C(C)(C)C)ccc1n3-c1cc(-c3nc(-c4ccccc4)nc(-c4ccccc4)n3)cc3c1B2c1cc2ccc4ccccc4c2c2c4ccc(C(C)(C)C)cc4n-3c12)C1=CC2c3cc(C(C)(C)C)ccc3N(c3cc4c5c(c3)-n3c6cc(C(C)(C)C)ccc6c6c7c(ccc8ccccc87)cc(c63)B5c3cc(C(C)(C)C)cc5c6cc(C(C)(C)C)ccc6n-4c35)C2C=C1. The molecule has 10 heteroatoms. The molecule has 5 aromatic heterocycles. The molecule has 0 spiro atoms. The maximum absolute atomic E-state index is 5.59. The lowest BCUT2D eigenvalue weighted by molar-refractivity contribution is 0.338. The van der Waals surface area contributed by atoms with Crippen molar-refractivity contribution < 1.29 is 0 Å². The number of nitrogens with zero attached hydrogens (tertiary/aromatic N) is 8. The molecule has 0 amide bonds. The summed E-state index contributed by atoms with van der Waals surface area (Å²) in [5.41, 5.74) is 39.1. The van der Waals surface area contributed by atoms with E-state index >= 15 is 0 Å². The fourth-order valence-electron chi connectivity index (χ4n) is 26.7. The molecule has 22 aromatic rings. The van der Waals surface area contributed by atoms with Crippen LogP contribution in [-0.4, -0.2) is 52.7 Å². The largest absolute Gasteiger partial charge is 0.333 e. The Hall–Kier alpha value is -14.6. The van der Waals surface area contributed by atoms with E-state index in [1.807, 2.05) is 0 Å². The van der Waals surface area contributed by atoms with Gasteiger partial charge in [0.25, 0.3) is 13.4 Å². The molecule has 708 valence electrons. The molecule has 0 N–H and O–H groups in total. The molecule has 17 aromatic carbocycles. The highest BCUT2D eigenvalue weighted by Gasteiger charge is 2.49. The molecule has 28 rings (SSSR count). The van der Waals surface area contributed by atoms with E-state index in [-0.39, 0.29) is 68.7 Å². The van der Waals surface area contributed by atoms with Crippen LogP contribution in [0.25, 0.3) is 187 Å². The van der Waals surface area contributed by atoms with Crippen molar-refractivity contribution in [2.75, 3.05) is 4.90 Å². The van der Waals surface area contributed by atoms with Gasteiger partial charge in [-0.25, -0.2) is 15.0 Å². The van der Waals surface area contributed by atoms with Gasteiger partial charge in [-0.15, -0.1) is 0 Å². The first-order chi connectivity index (χ1) is 69.2. The first-order valence-electron chi connectivity index (χ1n) is 52.9. The first kappa shape index (κ1) is 88.1. The summed E-state index contributed by atoms with van der Waals surface area (Å²) in [6, 6.07) is 112. The minimum Gasteiger partial charge on any atom is -0.333 e. The van der Waals surface area contributed by atoms with Crippen LogP contribution < -0.4 is 37.7 Å². The monoisotopic (exact) mass is 1880 g/mol. The topological polar surface area (TPSA) is 61.6 Å². The van der Waals surface area contributed by atoms with E-state index in [4.69, 9.17) is 15.0 Å². The van der Waals surface area contributed by atoms with Crippen LogP contribution in [0.5, 0.6) is 0 Å². The quantitative estimate of drug-likeness (QED) is 0.107. The van der Waals surface area contributed by atoms with Crippen LogP contribution in [0.15, 0.2) is 309 Å². The number of hydrogen-bond acceptors (Lipinski definition) is 4. The summed E-state index contributed by atoms with van der Waals surface area (Å²) in [5.74, 6) is 1.94. The molecule has 6 aliphatic rings. The third-order valence-electron chi connectivity index (χ3n) is 34.9. The molecule has 0 bridgehead atoms. The summed E-state index contributed by atoms with van der Waals surface area (Å²) >= 11 is 0. The average molecular weight is 1880 g/mol. The Kier molecular flexibility index (Phi) is 18.0. The third-order valence-corrected chi connectivity index (χ3v) is 34.9. The van der Waals surface area contributed by atoms with E-state index < -0.39 is 0 Å². The van der Waals surface area contributed by atoms with Gasteiger partial charge in [-0.1, -0.05) is 377 Å². The van der Waals surface area contributed by atoms with E-state index in [9.17, 15) is 0 Å². The summed E-state index contributed by atoms with van der Waals surface area (Å²) in [4.78, 5) is 19.3. The minimum absolute atomic E-state index is 0.0284. The van der Waals surface area contributed by atoms with Gasteiger partial charge in [-0.2, -0.15) is 0 Å². The standard InChI is InChI=1S/C135H122B2N8/c1-128(2,3)82-47-53-105-95(63-82)96-66-87(50-56-106(96)141(105)90-73-113-120-114(74-90)145-110-72-86(132(13,14)15)46-52-94(110)118-116-80(44-42-76-34-30-32-40-92(76)116)60-102(124(118)145)136(120)103-69-88(133(16,17)18)67-99-97-64-83(129(4,5)6)49-55-108(97)143(113)121(99)103)134(19,20)57-58-135(21,22)89-68-100-98-65-84(130(7,8)9)48-54-107(98)142-111-61-81(127-139-125(77-35-25-23-26-36-77)138-126(140-127)78-37-27-24-28-38-78)62-112-119(111)137(104(70-89)122(100)142)101-59-79-43-41-75-33-29-31-39-91(75)115(79)117-93-51-45-85(131(10,11)12)71-109(93)144(112)123(101)117/h23-56,59-74,96,106H,57-58H2,1-22H3. The number of allylic oxidation sites excluding steroid dienone is 2. The fourth-order valence-corrected chi connectivity index (χ4v) is 26.7. The van der Waals surface area contributed by atoms with Gasteiger partial charge in [0.15, 0.2) is 17.5 Å². The summed E-state index contributed by atoms with van der Waals surface area (Å²) < 4.78 is 10.9. The third kappa shape index (κ3) is 12.7. The Balaban J connectivity index is 0.624. The second-order valence-corrected chi connectivity index (χ2v) is 51.0. The van der Waals surface area contributed by atoms with E-state index in [1.54, 1.807) is 0 Å². The fraction of sp³-hybridized carbons (Fsp3) is 0.252. The van der Waals surface area contributed by atoms with Crippen LogP contribution in [0.2, 0.25) is 0 Å². The van der Waals surface area contributed by atoms with Crippen LogP contribution in [0, 0.1) is 5.41 Å². The van der Waals surface area contributed by atoms with Gasteiger partial charge in [-0.3, -0.25) is 0 Å². The number of rotatable bonds is 9. The van der Waals surface area contributed by atoms with Crippen molar-refractivity contribution in [3.63, 3.8) is 0 Å². The van der Waals surface area contributed by atoms with Gasteiger partial charge >= 0.3 is 0 Å². The normalized spacial score (nSPS) is 15.5. The summed E-state index contributed by atoms with van der Waals surface area (Å²) in [6.45, 7) is 52.8. The van der Waals surface area contributed by atoms with E-state index in [1.165, 1.54) is 236 Å². The Labute approximate surface area is 850 Å². The summed E-state index contributed by atoms with van der Waals surface area (Å²) in [5, 5.41) is 20.6. The maximum Gasteiger partial charge on any atom is 0.252 e. The van der Waals surface area contributed by atoms with Gasteiger partial charge in [0.1, 0.15) is 0 Å². The minimum atomic E-state index is -0.319. The van der Waals surface area contributed by atoms with Crippen LogP contribution in [0.1, 0.15) is 216 Å². The zero-order valence-electron chi connectivity index (χ0n) is 87.7. The second-order valence-electron chi connectivity index (χ2n) is 51.0. The van der Waals surface area contributed by atoms with Crippen molar-refractivity contribution in [1.29, 1.82) is 0 Å². The van der Waals surface area contributed by atoms with Crippen LogP contribution in [0.3, 0.4) is 0 Å². The highest BCUT2D eigenvalue weighted by Crippen LogP contribution is 2.57. The smallest absolute Gasteiger partial charge is 0.252 e. The summed E-state index contributed by atoms with van der Waals surface area (Å²) in [7, 11) is 0. The molecule has 2 unspecified atom stereocenters. The summed E-state index contributed by atoms with van der Waals surface area (Å²) in [6.07, 6.45) is 9.83. The van der Waals surface area contributed by atoms with Gasteiger partial charge in [0.2, 0.25) is 0 Å². The highest BCUT2D eigenvalue weighted by atomic mass is 15.2. The van der Waals surface area contributed by atoms with Crippen LogP contribution in [0.4, 0.5) is 11.4 Å². The number of anilines is 2. The molecular formula is C135H122B2N8. The van der Waals surface area contributed by atoms with Crippen LogP contribution in [-0.2, 0) is 37.9 Å². The second kappa shape index (κ2) is 29.6. The molecule has 1 aliphatic carbocycles. The Morgan fingerprint density at radius 1 is 0.269 bits per heavy atom. The highest BCUT2D eigenvalue weighted by molar-refractivity contribution is 7.01. The molecule has 0 fully saturated rings. The van der Waals surface area contributed by atoms with Crippen molar-refractivity contribution in [1.82, 2.24) is 33.2 Å². The molecule has 10 heterocycles. The zero-order valence-corrected chi connectivity index (χ0v) is 87.7. The molecule has 0 saturated heterocycles. The van der Waals surface area contributed by atoms with Crippen LogP contribution >= 0.6 is 0 Å². The molecule has 0 saturated carbocycles. The molecule has 8 nitrogen and oxygen atoms in total. The van der Waals surface area contributed by atoms with Crippen molar-refractivity contribution in [2.24, 2.45) is 5.41 Å². The number of hydrogen-bond donors (Lipinski definition) is 0. The molecule has 0 radical (unpaired) electrons. The van der Waals surface area contributed by atoms with Gasteiger partial charge in [0, 0.05) is 111 Å². The first-order valence-corrected chi connectivity index (χ1v) is 52.9. The van der Waals surface area contributed by atoms with E-state index in [0.717, 1.165) is 40.9 Å². The predicted molar refractivity (Wildman–Crippen MR) is 620 cm³/mol. The van der Waals surface area contributed by atoms with Crippen molar-refractivity contribution in [2.45, 2.75) is 215 Å². The Morgan fingerprint density at radius 3 is 1.12 bits per heavy atom. The van der Waals surface area contributed by atoms with Gasteiger partial charge in [0.05, 0.1) is 39.1 Å². The van der Waals surface area contributed by atoms with E-state index in [0.29, 0.717) is 17.5 Å². The number of aromatic nitrogens is 7. The predicted octanol–water partition coefficient (Wildman–Crippen LogP) is 30.8. The number of fused-ring (bicyclic) bond motifs is 31. The van der Waals surface area contributed by atoms with Gasteiger partial charge < -0.3 is 23.2 Å². The molecule has 2 atom stereocenters. The van der Waals surface area contributed by atoms with Crippen molar-refractivity contribution >= 4 is 188 Å². The lowest BCUT2D eigenvalue weighted by Crippen LogP contribution is -2.59. The Bertz CT molecular complexity index is 9590.